The van der Waals surface area contributed by atoms with Crippen LogP contribution in [0.2, 0.25) is 0 Å². The lowest BCUT2D eigenvalue weighted by atomic mass is 10.2. The Balaban J connectivity index is 1.57. The number of halogens is 1. The number of fused-ring (bicyclic) bond motifs is 1. The SMILES string of the molecule is O=C(c1cccc(O)c1)N1CCNc2cnc(Nc3cccc(F)c3)nc2C1. The number of hydrogen-bond acceptors (Lipinski definition) is 6. The molecule has 1 aliphatic rings. The first-order chi connectivity index (χ1) is 13.6. The van der Waals surface area contributed by atoms with E-state index < -0.39 is 0 Å². The summed E-state index contributed by atoms with van der Waals surface area (Å²) in [5.74, 6) is -0.186. The summed E-state index contributed by atoms with van der Waals surface area (Å²) in [6.45, 7) is 1.33. The Hall–Kier alpha value is -3.68. The van der Waals surface area contributed by atoms with E-state index in [2.05, 4.69) is 20.6 Å². The summed E-state index contributed by atoms with van der Waals surface area (Å²) in [6.07, 6.45) is 1.65. The molecule has 1 aliphatic heterocycles. The molecule has 28 heavy (non-hydrogen) atoms. The first-order valence-corrected chi connectivity index (χ1v) is 8.79. The highest BCUT2D eigenvalue weighted by molar-refractivity contribution is 5.94. The van der Waals surface area contributed by atoms with Gasteiger partial charge in [0.1, 0.15) is 11.6 Å². The lowest BCUT2D eigenvalue weighted by Crippen LogP contribution is -2.32. The molecule has 3 aromatic rings. The van der Waals surface area contributed by atoms with Crippen molar-refractivity contribution in [3.63, 3.8) is 0 Å². The normalized spacial score (nSPS) is 13.2. The van der Waals surface area contributed by atoms with Crippen LogP contribution in [-0.2, 0) is 6.54 Å². The van der Waals surface area contributed by atoms with Crippen LogP contribution in [-0.4, -0.2) is 39.0 Å². The van der Waals surface area contributed by atoms with Crippen molar-refractivity contribution in [2.75, 3.05) is 23.7 Å². The lowest BCUT2D eigenvalue weighted by molar-refractivity contribution is 0.0751. The number of benzene rings is 2. The third-order valence-electron chi connectivity index (χ3n) is 4.37. The number of nitrogens with zero attached hydrogens (tertiary/aromatic N) is 3. The molecular formula is C20H18FN5O2. The maximum Gasteiger partial charge on any atom is 0.254 e. The fourth-order valence-electron chi connectivity index (χ4n) is 3.02. The van der Waals surface area contributed by atoms with Gasteiger partial charge >= 0.3 is 0 Å². The summed E-state index contributed by atoms with van der Waals surface area (Å²) in [5, 5.41) is 15.8. The number of carbonyl (C=O) groups is 1. The van der Waals surface area contributed by atoms with E-state index in [-0.39, 0.29) is 24.0 Å². The predicted molar refractivity (Wildman–Crippen MR) is 103 cm³/mol. The average molecular weight is 379 g/mol. The number of aromatic nitrogens is 2. The molecule has 0 radical (unpaired) electrons. The van der Waals surface area contributed by atoms with Crippen LogP contribution in [0.15, 0.2) is 54.7 Å². The van der Waals surface area contributed by atoms with Gasteiger partial charge in [0.2, 0.25) is 5.95 Å². The molecule has 0 saturated carbocycles. The van der Waals surface area contributed by atoms with Crippen LogP contribution < -0.4 is 10.6 Å². The van der Waals surface area contributed by atoms with Crippen LogP contribution in [0.4, 0.5) is 21.7 Å². The zero-order valence-corrected chi connectivity index (χ0v) is 14.9. The Kier molecular flexibility index (Phi) is 4.76. The van der Waals surface area contributed by atoms with Gasteiger partial charge in [-0.25, -0.2) is 14.4 Å². The van der Waals surface area contributed by atoms with Gasteiger partial charge in [-0.2, -0.15) is 0 Å². The number of aromatic hydroxyl groups is 1. The monoisotopic (exact) mass is 379 g/mol. The Labute approximate surface area is 160 Å². The molecular weight excluding hydrogens is 361 g/mol. The summed E-state index contributed by atoms with van der Waals surface area (Å²) < 4.78 is 13.4. The van der Waals surface area contributed by atoms with E-state index in [1.165, 1.54) is 24.3 Å². The quantitative estimate of drug-likeness (QED) is 0.648. The number of phenols is 1. The minimum Gasteiger partial charge on any atom is -0.508 e. The second-order valence-electron chi connectivity index (χ2n) is 6.39. The fraction of sp³-hybridized carbons (Fsp3) is 0.150. The molecule has 3 N–H and O–H groups in total. The molecule has 7 nitrogen and oxygen atoms in total. The van der Waals surface area contributed by atoms with Crippen molar-refractivity contribution < 1.29 is 14.3 Å². The average Bonchev–Trinajstić information content (AvgIpc) is 2.89. The smallest absolute Gasteiger partial charge is 0.254 e. The summed E-state index contributed by atoms with van der Waals surface area (Å²) in [5.41, 5.74) is 2.35. The van der Waals surface area contributed by atoms with Gasteiger partial charge in [0.15, 0.2) is 0 Å². The van der Waals surface area contributed by atoms with Gasteiger partial charge < -0.3 is 20.6 Å². The first-order valence-electron chi connectivity index (χ1n) is 8.79. The van der Waals surface area contributed by atoms with Gasteiger partial charge in [-0.3, -0.25) is 4.79 Å². The van der Waals surface area contributed by atoms with Gasteiger partial charge in [-0.1, -0.05) is 12.1 Å². The zero-order valence-electron chi connectivity index (χ0n) is 14.9. The van der Waals surface area contributed by atoms with Gasteiger partial charge in [0.05, 0.1) is 24.1 Å². The standard InChI is InChI=1S/C20H18FN5O2/c21-14-4-2-5-15(10-14)24-20-23-11-17-18(25-20)12-26(8-7-22-17)19(28)13-3-1-6-16(27)9-13/h1-6,9-11,22,27H,7-8,12H2,(H,23,24,25). The number of phenolic OH excluding ortho intramolecular Hbond substituents is 1. The Morgan fingerprint density at radius 2 is 2.07 bits per heavy atom. The van der Waals surface area contributed by atoms with E-state index in [0.29, 0.717) is 36.0 Å². The molecule has 0 fully saturated rings. The maximum absolute atomic E-state index is 13.4. The zero-order chi connectivity index (χ0) is 19.5. The van der Waals surface area contributed by atoms with E-state index in [1.54, 1.807) is 35.4 Å². The topological polar surface area (TPSA) is 90.4 Å². The molecule has 0 aliphatic carbocycles. The van der Waals surface area contributed by atoms with Crippen LogP contribution in [0.5, 0.6) is 5.75 Å². The number of anilines is 3. The van der Waals surface area contributed by atoms with Crippen molar-refractivity contribution in [3.05, 3.63) is 71.8 Å². The number of amides is 1. The Morgan fingerprint density at radius 1 is 1.21 bits per heavy atom. The molecule has 8 heteroatoms. The van der Waals surface area contributed by atoms with Crippen LogP contribution in [0, 0.1) is 5.82 Å². The Bertz CT molecular complexity index is 1030. The van der Waals surface area contributed by atoms with Crippen molar-refractivity contribution in [1.82, 2.24) is 14.9 Å². The van der Waals surface area contributed by atoms with E-state index >= 15 is 0 Å². The predicted octanol–water partition coefficient (Wildman–Crippen LogP) is 3.13. The van der Waals surface area contributed by atoms with Crippen molar-refractivity contribution in [2.45, 2.75) is 6.54 Å². The number of rotatable bonds is 3. The highest BCUT2D eigenvalue weighted by Gasteiger charge is 2.22. The molecule has 4 rings (SSSR count). The van der Waals surface area contributed by atoms with Crippen LogP contribution in [0.25, 0.3) is 0 Å². The van der Waals surface area contributed by atoms with Crippen molar-refractivity contribution in [1.29, 1.82) is 0 Å². The van der Waals surface area contributed by atoms with Gasteiger partial charge in [0, 0.05) is 24.3 Å². The fourth-order valence-corrected chi connectivity index (χ4v) is 3.02. The highest BCUT2D eigenvalue weighted by atomic mass is 19.1. The second kappa shape index (κ2) is 7.51. The first kappa shape index (κ1) is 17.7. The van der Waals surface area contributed by atoms with Crippen molar-refractivity contribution >= 4 is 23.2 Å². The molecule has 0 saturated heterocycles. The van der Waals surface area contributed by atoms with E-state index in [9.17, 15) is 14.3 Å². The third kappa shape index (κ3) is 3.85. The van der Waals surface area contributed by atoms with E-state index in [0.717, 1.165) is 5.69 Å². The minimum atomic E-state index is -0.357. The van der Waals surface area contributed by atoms with Crippen LogP contribution >= 0.6 is 0 Å². The minimum absolute atomic E-state index is 0.0445. The number of hydrogen-bond donors (Lipinski definition) is 3. The molecule has 1 aromatic heterocycles. The highest BCUT2D eigenvalue weighted by Crippen LogP contribution is 2.22. The van der Waals surface area contributed by atoms with Gasteiger partial charge in [0.25, 0.3) is 5.91 Å². The lowest BCUT2D eigenvalue weighted by Gasteiger charge is -2.20. The van der Waals surface area contributed by atoms with Crippen molar-refractivity contribution in [3.8, 4) is 5.75 Å². The summed E-state index contributed by atoms with van der Waals surface area (Å²) in [7, 11) is 0. The third-order valence-corrected chi connectivity index (χ3v) is 4.37. The van der Waals surface area contributed by atoms with Crippen molar-refractivity contribution in [2.24, 2.45) is 0 Å². The second-order valence-corrected chi connectivity index (χ2v) is 6.39. The summed E-state index contributed by atoms with van der Waals surface area (Å²) in [6, 6.07) is 12.3. The molecule has 2 aromatic carbocycles. The molecule has 0 bridgehead atoms. The van der Waals surface area contributed by atoms with E-state index in [1.807, 2.05) is 0 Å². The largest absolute Gasteiger partial charge is 0.508 e. The van der Waals surface area contributed by atoms with Gasteiger partial charge in [-0.15, -0.1) is 0 Å². The maximum atomic E-state index is 13.4. The molecule has 0 atom stereocenters. The Morgan fingerprint density at radius 3 is 2.89 bits per heavy atom. The summed E-state index contributed by atoms with van der Waals surface area (Å²) in [4.78, 5) is 23.2. The molecule has 0 unspecified atom stereocenters. The number of carbonyl (C=O) groups excluding carboxylic acids is 1. The molecule has 2 heterocycles. The van der Waals surface area contributed by atoms with Crippen LogP contribution in [0.1, 0.15) is 16.1 Å². The number of nitrogens with one attached hydrogen (secondary N) is 2. The van der Waals surface area contributed by atoms with Gasteiger partial charge in [-0.05, 0) is 36.4 Å². The molecule has 0 spiro atoms. The van der Waals surface area contributed by atoms with E-state index in [4.69, 9.17) is 0 Å². The summed E-state index contributed by atoms with van der Waals surface area (Å²) >= 11 is 0. The molecule has 142 valence electrons. The molecule has 1 amide bonds. The van der Waals surface area contributed by atoms with Crippen LogP contribution in [0.3, 0.4) is 0 Å².